The van der Waals surface area contributed by atoms with E-state index in [1.165, 1.54) is 16.3 Å². The van der Waals surface area contributed by atoms with Crippen LogP contribution in [0.15, 0.2) is 36.4 Å². The Bertz CT molecular complexity index is 464. The average molecular weight is 265 g/mol. The van der Waals surface area contributed by atoms with Gasteiger partial charge in [0, 0.05) is 13.0 Å². The highest BCUT2D eigenvalue weighted by atomic mass is 35.5. The van der Waals surface area contributed by atoms with Gasteiger partial charge in [-0.3, -0.25) is 0 Å². The Labute approximate surface area is 112 Å². The molecule has 0 aromatic heterocycles. The zero-order valence-corrected chi connectivity index (χ0v) is 11.2. The zero-order chi connectivity index (χ0) is 12.8. The topological polar surface area (TPSA) is 18.5 Å². The Morgan fingerprint density at radius 2 is 1.83 bits per heavy atom. The van der Waals surface area contributed by atoms with Crippen molar-refractivity contribution in [2.45, 2.75) is 12.8 Å². The number of aryl methyl sites for hydroxylation is 1. The van der Waals surface area contributed by atoms with Gasteiger partial charge in [0.2, 0.25) is 0 Å². The maximum atomic E-state index is 5.71. The molecule has 3 heteroatoms. The quantitative estimate of drug-likeness (QED) is 0.580. The first kappa shape index (κ1) is 13.2. The lowest BCUT2D eigenvalue weighted by molar-refractivity contribution is 0.0512. The molecule has 2 nitrogen and oxygen atoms in total. The van der Waals surface area contributed by atoms with E-state index in [9.17, 15) is 0 Å². The summed E-state index contributed by atoms with van der Waals surface area (Å²) >= 11 is 5.71. The largest absolute Gasteiger partial charge is 0.468 e. The molecule has 2 aromatic carbocycles. The van der Waals surface area contributed by atoms with Crippen LogP contribution in [0.5, 0.6) is 5.75 Å². The summed E-state index contributed by atoms with van der Waals surface area (Å²) < 4.78 is 10.3. The second-order valence-corrected chi connectivity index (χ2v) is 4.56. The Kier molecular flexibility index (Phi) is 4.85. The molecule has 0 saturated heterocycles. The minimum absolute atomic E-state index is 0.277. The number of methoxy groups -OCH3 is 1. The summed E-state index contributed by atoms with van der Waals surface area (Å²) in [6.45, 7) is 0.277. The van der Waals surface area contributed by atoms with E-state index in [1.807, 2.05) is 12.1 Å². The Hall–Kier alpha value is -1.25. The second kappa shape index (κ2) is 6.62. The molecule has 0 bridgehead atoms. The molecule has 0 fully saturated rings. The molecule has 0 unspecified atom stereocenters. The molecule has 18 heavy (non-hydrogen) atoms. The van der Waals surface area contributed by atoms with Crippen LogP contribution in [0.3, 0.4) is 0 Å². The van der Waals surface area contributed by atoms with E-state index in [2.05, 4.69) is 24.3 Å². The van der Waals surface area contributed by atoms with Gasteiger partial charge in [0.1, 0.15) is 5.75 Å². The summed E-state index contributed by atoms with van der Waals surface area (Å²) in [4.78, 5) is 0. The van der Waals surface area contributed by atoms with Crippen LogP contribution >= 0.6 is 11.6 Å². The first-order chi connectivity index (χ1) is 8.83. The predicted octanol–water partition coefficient (Wildman–Crippen LogP) is 3.99. The van der Waals surface area contributed by atoms with E-state index in [-0.39, 0.29) is 6.79 Å². The maximum absolute atomic E-state index is 5.71. The minimum atomic E-state index is 0.277. The van der Waals surface area contributed by atoms with Crippen molar-refractivity contribution in [2.24, 2.45) is 0 Å². The van der Waals surface area contributed by atoms with Gasteiger partial charge in [-0.25, -0.2) is 0 Å². The molecule has 0 radical (unpaired) electrons. The molecule has 96 valence electrons. The van der Waals surface area contributed by atoms with Crippen molar-refractivity contribution < 1.29 is 9.47 Å². The van der Waals surface area contributed by atoms with Gasteiger partial charge in [0.05, 0.1) is 0 Å². The van der Waals surface area contributed by atoms with Gasteiger partial charge in [-0.1, -0.05) is 24.3 Å². The van der Waals surface area contributed by atoms with E-state index >= 15 is 0 Å². The highest BCUT2D eigenvalue weighted by molar-refractivity contribution is 6.17. The van der Waals surface area contributed by atoms with Gasteiger partial charge in [-0.05, 0) is 41.3 Å². The lowest BCUT2D eigenvalue weighted by Gasteiger charge is -2.07. The molecule has 0 aliphatic heterocycles. The number of fused-ring (bicyclic) bond motifs is 1. The highest BCUT2D eigenvalue weighted by Gasteiger charge is 1.99. The lowest BCUT2D eigenvalue weighted by Crippen LogP contribution is -1.98. The summed E-state index contributed by atoms with van der Waals surface area (Å²) in [5.74, 6) is 1.54. The molecule has 2 rings (SSSR count). The maximum Gasteiger partial charge on any atom is 0.188 e. The fraction of sp³-hybridized carbons (Fsp3) is 0.333. The van der Waals surface area contributed by atoms with Gasteiger partial charge in [-0.15, -0.1) is 11.6 Å². The third-order valence-electron chi connectivity index (χ3n) is 2.82. The molecule has 0 heterocycles. The molecule has 0 aliphatic rings. The number of rotatable bonds is 6. The van der Waals surface area contributed by atoms with Crippen LogP contribution in [0.4, 0.5) is 0 Å². The smallest absolute Gasteiger partial charge is 0.188 e. The average Bonchev–Trinajstić information content (AvgIpc) is 2.42. The number of halogens is 1. The molecule has 2 aromatic rings. The number of benzene rings is 2. The predicted molar refractivity (Wildman–Crippen MR) is 75.5 cm³/mol. The van der Waals surface area contributed by atoms with E-state index in [0.29, 0.717) is 5.88 Å². The Morgan fingerprint density at radius 3 is 2.61 bits per heavy atom. The van der Waals surface area contributed by atoms with E-state index < -0.39 is 0 Å². The Balaban J connectivity index is 2.19. The van der Waals surface area contributed by atoms with Gasteiger partial charge in [0.15, 0.2) is 6.79 Å². The zero-order valence-electron chi connectivity index (χ0n) is 10.5. The van der Waals surface area contributed by atoms with Crippen molar-refractivity contribution in [1.82, 2.24) is 0 Å². The van der Waals surface area contributed by atoms with Crippen molar-refractivity contribution in [3.05, 3.63) is 42.0 Å². The molecule has 0 amide bonds. The number of hydrogen-bond acceptors (Lipinski definition) is 2. The van der Waals surface area contributed by atoms with Crippen molar-refractivity contribution in [2.75, 3.05) is 19.8 Å². The Morgan fingerprint density at radius 1 is 1.06 bits per heavy atom. The van der Waals surface area contributed by atoms with E-state index in [1.54, 1.807) is 7.11 Å². The monoisotopic (exact) mass is 264 g/mol. The van der Waals surface area contributed by atoms with E-state index in [0.717, 1.165) is 18.6 Å². The van der Waals surface area contributed by atoms with Crippen LogP contribution in [0.25, 0.3) is 10.8 Å². The lowest BCUT2D eigenvalue weighted by atomic mass is 10.0. The standard InChI is InChI=1S/C15H17ClO2/c1-17-11-18-15-7-6-13-9-12(3-2-8-16)4-5-14(13)10-15/h4-7,9-10H,2-3,8,11H2,1H3. The summed E-state index contributed by atoms with van der Waals surface area (Å²) in [6, 6.07) is 12.5. The summed E-state index contributed by atoms with van der Waals surface area (Å²) in [6.07, 6.45) is 2.05. The third-order valence-corrected chi connectivity index (χ3v) is 3.09. The minimum Gasteiger partial charge on any atom is -0.468 e. The van der Waals surface area contributed by atoms with Crippen LogP contribution in [0, 0.1) is 0 Å². The second-order valence-electron chi connectivity index (χ2n) is 4.19. The fourth-order valence-corrected chi connectivity index (χ4v) is 2.05. The first-order valence-electron chi connectivity index (χ1n) is 6.04. The van der Waals surface area contributed by atoms with Gasteiger partial charge >= 0.3 is 0 Å². The number of alkyl halides is 1. The number of hydrogen-bond donors (Lipinski definition) is 0. The van der Waals surface area contributed by atoms with Crippen molar-refractivity contribution in [3.63, 3.8) is 0 Å². The van der Waals surface area contributed by atoms with E-state index in [4.69, 9.17) is 21.1 Å². The molecule has 0 aliphatic carbocycles. The van der Waals surface area contributed by atoms with Crippen LogP contribution in [0.1, 0.15) is 12.0 Å². The molecule has 0 N–H and O–H groups in total. The molecule has 0 spiro atoms. The van der Waals surface area contributed by atoms with Crippen LogP contribution in [0.2, 0.25) is 0 Å². The summed E-state index contributed by atoms with van der Waals surface area (Å²) in [5.41, 5.74) is 1.33. The van der Waals surface area contributed by atoms with Crippen molar-refractivity contribution >= 4 is 22.4 Å². The van der Waals surface area contributed by atoms with Crippen molar-refractivity contribution in [3.8, 4) is 5.75 Å². The fourth-order valence-electron chi connectivity index (χ4n) is 1.92. The summed E-state index contributed by atoms with van der Waals surface area (Å²) in [7, 11) is 1.62. The molecule has 0 atom stereocenters. The SMILES string of the molecule is COCOc1ccc2cc(CCCCl)ccc2c1. The summed E-state index contributed by atoms with van der Waals surface area (Å²) in [5, 5.41) is 2.41. The first-order valence-corrected chi connectivity index (χ1v) is 6.57. The van der Waals surface area contributed by atoms with Crippen LogP contribution in [-0.4, -0.2) is 19.8 Å². The molecular formula is C15H17ClO2. The van der Waals surface area contributed by atoms with Crippen LogP contribution < -0.4 is 4.74 Å². The molecular weight excluding hydrogens is 248 g/mol. The van der Waals surface area contributed by atoms with Crippen LogP contribution in [-0.2, 0) is 11.2 Å². The van der Waals surface area contributed by atoms with Gasteiger partial charge < -0.3 is 9.47 Å². The van der Waals surface area contributed by atoms with Gasteiger partial charge in [-0.2, -0.15) is 0 Å². The highest BCUT2D eigenvalue weighted by Crippen LogP contribution is 2.22. The normalized spacial score (nSPS) is 10.8. The molecule has 0 saturated carbocycles. The number of ether oxygens (including phenoxy) is 2. The third kappa shape index (κ3) is 3.37. The van der Waals surface area contributed by atoms with Gasteiger partial charge in [0.25, 0.3) is 0 Å². The van der Waals surface area contributed by atoms with Crippen molar-refractivity contribution in [1.29, 1.82) is 0 Å².